The summed E-state index contributed by atoms with van der Waals surface area (Å²) in [6.07, 6.45) is 0. The van der Waals surface area contributed by atoms with Crippen LogP contribution in [0.25, 0.3) is 11.4 Å². The minimum atomic E-state index is -3.68. The Bertz CT molecular complexity index is 638. The fourth-order valence-electron chi connectivity index (χ4n) is 1.26. The first kappa shape index (κ1) is 12.5. The van der Waals surface area contributed by atoms with E-state index in [1.165, 1.54) is 12.1 Å². The first-order chi connectivity index (χ1) is 8.53. The summed E-state index contributed by atoms with van der Waals surface area (Å²) < 4.78 is 27.2. The number of hydrogen-bond acceptors (Lipinski definition) is 7. The molecular formula is C10H10N4O3S. The van der Waals surface area contributed by atoms with Gasteiger partial charge in [-0.2, -0.15) is 8.42 Å². The first-order valence-corrected chi connectivity index (χ1v) is 6.39. The van der Waals surface area contributed by atoms with E-state index < -0.39 is 10.1 Å². The zero-order chi connectivity index (χ0) is 13.2. The summed E-state index contributed by atoms with van der Waals surface area (Å²) in [6, 6.07) is 5.97. The highest BCUT2D eigenvalue weighted by Crippen LogP contribution is 2.17. The molecule has 0 aliphatic carbocycles. The molecule has 1 aromatic carbocycles. The monoisotopic (exact) mass is 266 g/mol. The number of rotatable bonds is 3. The lowest BCUT2D eigenvalue weighted by atomic mass is 10.2. The predicted molar refractivity (Wildman–Crippen MR) is 62.0 cm³/mol. The first-order valence-electron chi connectivity index (χ1n) is 4.98. The van der Waals surface area contributed by atoms with Crippen LogP contribution in [0, 0.1) is 6.92 Å². The molecule has 0 aliphatic rings. The molecule has 7 nitrogen and oxygen atoms in total. The summed E-state index contributed by atoms with van der Waals surface area (Å²) in [7, 11) is -2.56. The number of hydrogen-bond donors (Lipinski definition) is 0. The van der Waals surface area contributed by atoms with E-state index in [2.05, 4.69) is 24.6 Å². The normalized spacial score (nSPS) is 11.4. The molecule has 0 saturated carbocycles. The van der Waals surface area contributed by atoms with E-state index in [1.54, 1.807) is 19.1 Å². The predicted octanol–water partition coefficient (Wildman–Crippen LogP) is 0.577. The number of nitrogens with zero attached hydrogens (tertiary/aromatic N) is 4. The van der Waals surface area contributed by atoms with E-state index in [4.69, 9.17) is 0 Å². The van der Waals surface area contributed by atoms with Crippen LogP contribution < -0.4 is 0 Å². The summed E-state index contributed by atoms with van der Waals surface area (Å²) in [6.45, 7) is 1.68. The second kappa shape index (κ2) is 4.75. The van der Waals surface area contributed by atoms with Gasteiger partial charge in [-0.15, -0.1) is 20.4 Å². The fourth-order valence-corrected chi connectivity index (χ4v) is 1.92. The second-order valence-electron chi connectivity index (χ2n) is 3.42. The molecule has 0 unspecified atom stereocenters. The molecular weight excluding hydrogens is 256 g/mol. The molecule has 18 heavy (non-hydrogen) atoms. The van der Waals surface area contributed by atoms with Crippen molar-refractivity contribution in [1.82, 2.24) is 20.4 Å². The van der Waals surface area contributed by atoms with Crippen molar-refractivity contribution in [2.45, 2.75) is 11.8 Å². The third-order valence-corrected chi connectivity index (χ3v) is 3.49. The van der Waals surface area contributed by atoms with Gasteiger partial charge in [0.25, 0.3) is 10.1 Å². The van der Waals surface area contributed by atoms with Gasteiger partial charge in [0.2, 0.25) is 5.82 Å². The van der Waals surface area contributed by atoms with E-state index in [1.807, 2.05) is 0 Å². The van der Waals surface area contributed by atoms with Crippen LogP contribution in [-0.2, 0) is 14.3 Å². The van der Waals surface area contributed by atoms with Crippen molar-refractivity contribution >= 4 is 10.1 Å². The molecule has 94 valence electrons. The zero-order valence-electron chi connectivity index (χ0n) is 9.73. The van der Waals surface area contributed by atoms with Gasteiger partial charge in [-0.3, -0.25) is 4.18 Å². The molecule has 0 atom stereocenters. The fraction of sp³-hybridized carbons (Fsp3) is 0.200. The SMILES string of the molecule is COS(=O)(=O)c1ccc(-c2nnc(C)nn2)cc1. The van der Waals surface area contributed by atoms with Gasteiger partial charge in [0.1, 0.15) is 0 Å². The third kappa shape index (κ3) is 2.49. The van der Waals surface area contributed by atoms with E-state index in [9.17, 15) is 8.42 Å². The molecule has 0 N–H and O–H groups in total. The van der Waals surface area contributed by atoms with Gasteiger partial charge in [-0.25, -0.2) is 0 Å². The maximum atomic E-state index is 11.4. The molecule has 0 spiro atoms. The highest BCUT2D eigenvalue weighted by atomic mass is 32.2. The Labute approximate surface area is 104 Å². The van der Waals surface area contributed by atoms with Crippen molar-refractivity contribution in [1.29, 1.82) is 0 Å². The summed E-state index contributed by atoms with van der Waals surface area (Å²) in [5.41, 5.74) is 0.630. The molecule has 1 heterocycles. The van der Waals surface area contributed by atoms with Crippen LogP contribution in [-0.4, -0.2) is 35.9 Å². The molecule has 0 aliphatic heterocycles. The van der Waals surface area contributed by atoms with Gasteiger partial charge in [0.05, 0.1) is 12.0 Å². The largest absolute Gasteiger partial charge is 0.296 e. The number of benzene rings is 1. The Hall–Kier alpha value is -1.93. The van der Waals surface area contributed by atoms with E-state index in [0.29, 0.717) is 17.2 Å². The van der Waals surface area contributed by atoms with Gasteiger partial charge >= 0.3 is 0 Å². The van der Waals surface area contributed by atoms with Crippen LogP contribution >= 0.6 is 0 Å². The Balaban J connectivity index is 2.36. The quantitative estimate of drug-likeness (QED) is 0.750. The zero-order valence-corrected chi connectivity index (χ0v) is 10.5. The van der Waals surface area contributed by atoms with Crippen molar-refractivity contribution in [2.75, 3.05) is 7.11 Å². The van der Waals surface area contributed by atoms with Crippen LogP contribution in [0.5, 0.6) is 0 Å². The van der Waals surface area contributed by atoms with Gasteiger partial charge in [0.15, 0.2) is 5.82 Å². The summed E-state index contributed by atoms with van der Waals surface area (Å²) in [5.74, 6) is 0.805. The molecule has 0 amide bonds. The summed E-state index contributed by atoms with van der Waals surface area (Å²) >= 11 is 0. The highest BCUT2D eigenvalue weighted by molar-refractivity contribution is 7.86. The van der Waals surface area contributed by atoms with Crippen molar-refractivity contribution in [3.8, 4) is 11.4 Å². The molecule has 1 aromatic heterocycles. The lowest BCUT2D eigenvalue weighted by molar-refractivity contribution is 0.398. The minimum Gasteiger partial charge on any atom is -0.270 e. The summed E-state index contributed by atoms with van der Waals surface area (Å²) in [5, 5.41) is 15.3. The average Bonchev–Trinajstić information content (AvgIpc) is 2.40. The standard InChI is InChI=1S/C10H10N4O3S/c1-7-11-13-10(14-12-7)8-3-5-9(6-4-8)18(15,16)17-2/h3-6H,1-2H3. The average molecular weight is 266 g/mol. The van der Waals surface area contributed by atoms with Crippen LogP contribution in [0.15, 0.2) is 29.2 Å². The van der Waals surface area contributed by atoms with Gasteiger partial charge in [-0.05, 0) is 31.2 Å². The maximum absolute atomic E-state index is 11.4. The number of aryl methyl sites for hydroxylation is 1. The summed E-state index contributed by atoms with van der Waals surface area (Å²) in [4.78, 5) is 0.0711. The second-order valence-corrected chi connectivity index (χ2v) is 5.13. The van der Waals surface area contributed by atoms with Gasteiger partial charge in [0, 0.05) is 5.56 Å². The van der Waals surface area contributed by atoms with Crippen LogP contribution in [0.1, 0.15) is 5.82 Å². The van der Waals surface area contributed by atoms with Crippen LogP contribution in [0.4, 0.5) is 0 Å². The Kier molecular flexibility index (Phi) is 3.30. The maximum Gasteiger partial charge on any atom is 0.296 e. The smallest absolute Gasteiger partial charge is 0.270 e. The molecule has 0 bridgehead atoms. The molecule has 0 saturated heterocycles. The molecule has 0 fully saturated rings. The van der Waals surface area contributed by atoms with Crippen LogP contribution in [0.2, 0.25) is 0 Å². The van der Waals surface area contributed by atoms with Gasteiger partial charge < -0.3 is 0 Å². The van der Waals surface area contributed by atoms with Crippen molar-refractivity contribution < 1.29 is 12.6 Å². The Morgan fingerprint density at radius 1 is 1.00 bits per heavy atom. The molecule has 0 radical (unpaired) electrons. The molecule has 2 rings (SSSR count). The topological polar surface area (TPSA) is 94.9 Å². The van der Waals surface area contributed by atoms with Crippen LogP contribution in [0.3, 0.4) is 0 Å². The minimum absolute atomic E-state index is 0.0711. The van der Waals surface area contributed by atoms with Crippen molar-refractivity contribution in [2.24, 2.45) is 0 Å². The third-order valence-electron chi connectivity index (χ3n) is 2.20. The molecule has 2 aromatic rings. The lowest BCUT2D eigenvalue weighted by Gasteiger charge is -2.02. The van der Waals surface area contributed by atoms with Crippen molar-refractivity contribution in [3.05, 3.63) is 30.1 Å². The molecule has 8 heteroatoms. The van der Waals surface area contributed by atoms with E-state index in [-0.39, 0.29) is 4.90 Å². The highest BCUT2D eigenvalue weighted by Gasteiger charge is 2.13. The number of aromatic nitrogens is 4. The van der Waals surface area contributed by atoms with E-state index >= 15 is 0 Å². The van der Waals surface area contributed by atoms with E-state index in [0.717, 1.165) is 7.11 Å². The lowest BCUT2D eigenvalue weighted by Crippen LogP contribution is -2.03. The van der Waals surface area contributed by atoms with Gasteiger partial charge in [-0.1, -0.05) is 0 Å². The van der Waals surface area contributed by atoms with Crippen molar-refractivity contribution in [3.63, 3.8) is 0 Å². The Morgan fingerprint density at radius 2 is 1.56 bits per heavy atom. The Morgan fingerprint density at radius 3 is 2.06 bits per heavy atom.